The van der Waals surface area contributed by atoms with Crippen molar-refractivity contribution in [1.82, 2.24) is 24.9 Å². The lowest BCUT2D eigenvalue weighted by molar-refractivity contribution is -0.152. The molecule has 2 heterocycles. The van der Waals surface area contributed by atoms with E-state index in [9.17, 15) is 28.8 Å². The van der Waals surface area contributed by atoms with E-state index in [0.717, 1.165) is 0 Å². The maximum Gasteiger partial charge on any atom is 0.249 e. The number of hydrogen-bond donors (Lipinski definition) is 2. The Morgan fingerprint density at radius 3 is 1.81 bits per heavy atom. The van der Waals surface area contributed by atoms with Crippen molar-refractivity contribution in [3.8, 4) is 0 Å². The van der Waals surface area contributed by atoms with Crippen molar-refractivity contribution in [3.05, 3.63) is 35.4 Å². The van der Waals surface area contributed by atoms with Gasteiger partial charge >= 0.3 is 0 Å². The fourth-order valence-electron chi connectivity index (χ4n) is 7.18. The van der Waals surface area contributed by atoms with Crippen LogP contribution in [0.4, 0.5) is 0 Å². The van der Waals surface area contributed by atoms with Gasteiger partial charge in [0, 0.05) is 31.3 Å². The van der Waals surface area contributed by atoms with Gasteiger partial charge in [0.25, 0.3) is 0 Å². The fraction of sp³-hybridized carbons (Fsp3) is 0.657. The van der Waals surface area contributed by atoms with Crippen LogP contribution in [0.3, 0.4) is 0 Å². The van der Waals surface area contributed by atoms with E-state index >= 15 is 0 Å². The van der Waals surface area contributed by atoms with Crippen LogP contribution in [0.25, 0.3) is 0 Å². The van der Waals surface area contributed by atoms with Gasteiger partial charge in [0.05, 0.1) is 12.1 Å². The number of primary amides is 1. The minimum Gasteiger partial charge on any atom is -0.366 e. The molecule has 1 aromatic rings. The van der Waals surface area contributed by atoms with Gasteiger partial charge in [-0.15, -0.1) is 0 Å². The summed E-state index contributed by atoms with van der Waals surface area (Å²) in [5.41, 5.74) is 5.82. The Balaban J connectivity index is 1.83. The molecular formula is C35H54N6O6. The molecule has 0 aliphatic carbocycles. The first-order chi connectivity index (χ1) is 22.0. The zero-order valence-corrected chi connectivity index (χ0v) is 29.5. The van der Waals surface area contributed by atoms with E-state index in [-0.39, 0.29) is 58.3 Å². The summed E-state index contributed by atoms with van der Waals surface area (Å²) in [6, 6.07) is 2.63. The lowest BCUT2D eigenvalue weighted by atomic mass is 9.95. The van der Waals surface area contributed by atoms with Gasteiger partial charge in [0.2, 0.25) is 29.5 Å². The molecule has 260 valence electrons. The van der Waals surface area contributed by atoms with E-state index in [2.05, 4.69) is 5.32 Å². The van der Waals surface area contributed by atoms with Gasteiger partial charge in [0.1, 0.15) is 18.1 Å². The fourth-order valence-corrected chi connectivity index (χ4v) is 7.18. The molecule has 5 atom stereocenters. The van der Waals surface area contributed by atoms with Crippen molar-refractivity contribution in [3.63, 3.8) is 0 Å². The highest BCUT2D eigenvalue weighted by molar-refractivity contribution is 6.10. The number of nitrogens with two attached hydrogens (primary N) is 1. The maximum atomic E-state index is 14.3. The minimum absolute atomic E-state index is 0.0173. The molecule has 2 aliphatic heterocycles. The summed E-state index contributed by atoms with van der Waals surface area (Å²) in [5, 5.41) is 2.95. The summed E-state index contributed by atoms with van der Waals surface area (Å²) >= 11 is 0. The number of carbonyl (C=O) groups is 6. The summed E-state index contributed by atoms with van der Waals surface area (Å²) < 4.78 is 0. The molecule has 0 bridgehead atoms. The summed E-state index contributed by atoms with van der Waals surface area (Å²) in [5.74, 6) is -2.84. The SMILES string of the molecule is CC(C)[C@H](NC(=O)[C@H](C(C)C)N(C)C)C(=O)N(C)[C@H](C(=O)N1CCC[C@H]1C(=O)N1CCC[C@H]1C(=O)c1ccccc1C(N)=O)C(C)C. The number of carbonyl (C=O) groups excluding carboxylic acids is 6. The Morgan fingerprint density at radius 2 is 1.30 bits per heavy atom. The number of benzene rings is 1. The van der Waals surface area contributed by atoms with Crippen molar-refractivity contribution >= 4 is 35.3 Å². The van der Waals surface area contributed by atoms with Crippen LogP contribution in [0.2, 0.25) is 0 Å². The molecule has 0 aromatic heterocycles. The third-order valence-electron chi connectivity index (χ3n) is 9.45. The average Bonchev–Trinajstić information content (AvgIpc) is 3.69. The number of Topliss-reactive ketones (excluding diaryl/α,β-unsaturated/α-hetero) is 1. The standard InChI is InChI=1S/C35H54N6O6/c1-20(2)27(37-32(44)28(21(3)4)38(7)8)34(46)39(9)29(22(5)6)35(47)41-19-13-17-26(41)33(45)40-18-12-16-25(40)30(42)23-14-10-11-15-24(23)31(36)43/h10-11,14-15,20-22,25-29H,12-13,16-19H2,1-9H3,(H2,36,43)(H,37,44)/t25-,26-,27-,28-,29-/m0/s1. The van der Waals surface area contributed by atoms with Crippen LogP contribution in [0, 0.1) is 17.8 Å². The molecule has 1 aromatic carbocycles. The maximum absolute atomic E-state index is 14.3. The minimum atomic E-state index is -0.873. The quantitative estimate of drug-likeness (QED) is 0.309. The van der Waals surface area contributed by atoms with E-state index in [1.807, 2.05) is 60.5 Å². The molecule has 0 saturated carbocycles. The molecule has 2 fully saturated rings. The predicted molar refractivity (Wildman–Crippen MR) is 179 cm³/mol. The Bertz CT molecular complexity index is 1340. The summed E-state index contributed by atoms with van der Waals surface area (Å²) in [6.07, 6.45) is 2.10. The first-order valence-electron chi connectivity index (χ1n) is 16.8. The molecule has 0 spiro atoms. The molecule has 12 heteroatoms. The second-order valence-electron chi connectivity index (χ2n) is 14.2. The van der Waals surface area contributed by atoms with Crippen molar-refractivity contribution in [1.29, 1.82) is 0 Å². The van der Waals surface area contributed by atoms with E-state index in [0.29, 0.717) is 38.8 Å². The second-order valence-corrected chi connectivity index (χ2v) is 14.2. The number of rotatable bonds is 13. The van der Waals surface area contributed by atoms with Gasteiger partial charge in [-0.05, 0) is 63.6 Å². The molecule has 3 rings (SSSR count). The molecule has 12 nitrogen and oxygen atoms in total. The monoisotopic (exact) mass is 654 g/mol. The van der Waals surface area contributed by atoms with Crippen LogP contribution in [-0.4, -0.2) is 119 Å². The van der Waals surface area contributed by atoms with Crippen molar-refractivity contribution < 1.29 is 28.8 Å². The topological polar surface area (TPSA) is 153 Å². The highest BCUT2D eigenvalue weighted by Gasteiger charge is 2.46. The first kappa shape index (κ1) is 37.7. The van der Waals surface area contributed by atoms with Crippen molar-refractivity contribution in [2.75, 3.05) is 34.2 Å². The highest BCUT2D eigenvalue weighted by Crippen LogP contribution is 2.29. The van der Waals surface area contributed by atoms with Crippen LogP contribution >= 0.6 is 0 Å². The van der Waals surface area contributed by atoms with Crippen LogP contribution in [0.1, 0.15) is 87.9 Å². The first-order valence-corrected chi connectivity index (χ1v) is 16.8. The Hall–Kier alpha value is -3.80. The van der Waals surface area contributed by atoms with E-state index in [1.54, 1.807) is 30.1 Å². The van der Waals surface area contributed by atoms with Gasteiger partial charge in [0.15, 0.2) is 5.78 Å². The van der Waals surface area contributed by atoms with Crippen molar-refractivity contribution in [2.24, 2.45) is 23.5 Å². The van der Waals surface area contributed by atoms with Gasteiger partial charge in [-0.2, -0.15) is 0 Å². The molecule has 2 aliphatic rings. The number of amides is 5. The third-order valence-corrected chi connectivity index (χ3v) is 9.45. The Morgan fingerprint density at radius 1 is 0.766 bits per heavy atom. The number of likely N-dealkylation sites (tertiary alicyclic amines) is 2. The second kappa shape index (κ2) is 15.9. The molecule has 5 amide bonds. The predicted octanol–water partition coefficient (Wildman–Crippen LogP) is 2.16. The lowest BCUT2D eigenvalue weighted by Crippen LogP contribution is -2.61. The van der Waals surface area contributed by atoms with Gasteiger partial charge in [-0.25, -0.2) is 0 Å². The lowest BCUT2D eigenvalue weighted by Gasteiger charge is -2.38. The van der Waals surface area contributed by atoms with Gasteiger partial charge in [-0.1, -0.05) is 59.7 Å². The largest absolute Gasteiger partial charge is 0.366 e. The number of nitrogens with one attached hydrogen (secondary N) is 1. The highest BCUT2D eigenvalue weighted by atomic mass is 16.2. The Labute approximate surface area is 279 Å². The number of hydrogen-bond acceptors (Lipinski definition) is 7. The smallest absolute Gasteiger partial charge is 0.249 e. The molecule has 47 heavy (non-hydrogen) atoms. The zero-order chi connectivity index (χ0) is 35.3. The zero-order valence-electron chi connectivity index (χ0n) is 29.5. The average molecular weight is 655 g/mol. The van der Waals surface area contributed by atoms with E-state index in [4.69, 9.17) is 5.73 Å². The summed E-state index contributed by atoms with van der Waals surface area (Å²) in [7, 11) is 5.23. The molecular weight excluding hydrogens is 600 g/mol. The Kier molecular flexibility index (Phi) is 12.7. The van der Waals surface area contributed by atoms with Crippen LogP contribution in [-0.2, 0) is 19.2 Å². The number of ketones is 1. The molecule has 0 radical (unpaired) electrons. The number of nitrogens with zero attached hydrogens (tertiary/aromatic N) is 4. The molecule has 2 saturated heterocycles. The molecule has 0 unspecified atom stereocenters. The van der Waals surface area contributed by atoms with E-state index in [1.165, 1.54) is 15.9 Å². The number of likely N-dealkylation sites (N-methyl/N-ethyl adjacent to an activating group) is 2. The van der Waals surface area contributed by atoms with E-state index < -0.39 is 36.1 Å². The third kappa shape index (κ3) is 8.20. The van der Waals surface area contributed by atoms with Gasteiger partial charge in [-0.3, -0.25) is 33.7 Å². The summed E-state index contributed by atoms with van der Waals surface area (Å²) in [6.45, 7) is 12.0. The van der Waals surface area contributed by atoms with Crippen LogP contribution < -0.4 is 11.1 Å². The van der Waals surface area contributed by atoms with Crippen molar-refractivity contribution in [2.45, 2.75) is 97.4 Å². The van der Waals surface area contributed by atoms with Crippen LogP contribution in [0.5, 0.6) is 0 Å². The molecule has 3 N–H and O–H groups in total. The van der Waals surface area contributed by atoms with Gasteiger partial charge < -0.3 is 25.8 Å². The summed E-state index contributed by atoms with van der Waals surface area (Å²) in [4.78, 5) is 87.6. The van der Waals surface area contributed by atoms with Crippen LogP contribution in [0.15, 0.2) is 24.3 Å². The normalized spacial score (nSPS) is 20.1.